The van der Waals surface area contributed by atoms with Gasteiger partial charge in [0.2, 0.25) is 0 Å². The van der Waals surface area contributed by atoms with Gasteiger partial charge in [0.25, 0.3) is 5.91 Å². The van der Waals surface area contributed by atoms with Gasteiger partial charge in [-0.2, -0.15) is 0 Å². The molecule has 2 heterocycles. The van der Waals surface area contributed by atoms with Gasteiger partial charge < -0.3 is 19.2 Å². The molecule has 8 heteroatoms. The molecule has 2 aromatic heterocycles. The van der Waals surface area contributed by atoms with E-state index in [1.807, 2.05) is 42.5 Å². The van der Waals surface area contributed by atoms with Crippen LogP contribution in [0.1, 0.15) is 53.6 Å². The normalized spacial score (nSPS) is 13.6. The highest BCUT2D eigenvalue weighted by molar-refractivity contribution is 6.07. The molecule has 0 spiro atoms. The molecular weight excluding hydrogens is 436 g/mol. The number of aromatic nitrogens is 1. The number of hydrogen-bond acceptors (Lipinski definition) is 7. The van der Waals surface area contributed by atoms with Gasteiger partial charge in [0, 0.05) is 18.4 Å². The molecule has 1 amide bonds. The summed E-state index contributed by atoms with van der Waals surface area (Å²) < 4.78 is 15.7. The zero-order valence-corrected chi connectivity index (χ0v) is 19.0. The molecule has 0 unspecified atom stereocenters. The number of pyridine rings is 1. The lowest BCUT2D eigenvalue weighted by atomic mass is 10.0. The standard InChI is InChI=1S/C26H26N2O6/c1-2-32-23(30)10-5-13-27-22(29)16-34-26(31)24-19-8-3-4-9-21(19)28-25-17(11-12-20(24)25)15-18-7-6-14-33-18/h3-4,6-9,14-15H,2,5,10-13,16H2,1H3,(H,27,29)/b17-15+. The molecule has 1 aliphatic carbocycles. The summed E-state index contributed by atoms with van der Waals surface area (Å²) in [7, 11) is 0. The lowest BCUT2D eigenvalue weighted by Gasteiger charge is -2.12. The summed E-state index contributed by atoms with van der Waals surface area (Å²) in [6, 6.07) is 11.1. The minimum Gasteiger partial charge on any atom is -0.466 e. The molecule has 0 fully saturated rings. The maximum Gasteiger partial charge on any atom is 0.339 e. The van der Waals surface area contributed by atoms with Crippen LogP contribution in [0, 0.1) is 0 Å². The summed E-state index contributed by atoms with van der Waals surface area (Å²) in [6.45, 7) is 1.96. The lowest BCUT2D eigenvalue weighted by molar-refractivity contribution is -0.143. The molecule has 0 aliphatic heterocycles. The fourth-order valence-electron chi connectivity index (χ4n) is 4.01. The highest BCUT2D eigenvalue weighted by Gasteiger charge is 2.28. The summed E-state index contributed by atoms with van der Waals surface area (Å²) >= 11 is 0. The van der Waals surface area contributed by atoms with Gasteiger partial charge in [0.1, 0.15) is 5.76 Å². The fourth-order valence-corrected chi connectivity index (χ4v) is 4.01. The molecule has 0 radical (unpaired) electrons. The Kier molecular flexibility index (Phi) is 7.37. The number of allylic oxidation sites excluding steroid dienone is 1. The Morgan fingerprint density at radius 3 is 2.76 bits per heavy atom. The van der Waals surface area contributed by atoms with Crippen molar-refractivity contribution >= 4 is 40.4 Å². The number of carbonyl (C=O) groups is 3. The first-order valence-electron chi connectivity index (χ1n) is 11.3. The number of fused-ring (bicyclic) bond motifs is 2. The Balaban J connectivity index is 1.47. The lowest BCUT2D eigenvalue weighted by Crippen LogP contribution is -2.30. The molecule has 176 valence electrons. The summed E-state index contributed by atoms with van der Waals surface area (Å²) in [5, 5.41) is 3.35. The molecule has 1 N–H and O–H groups in total. The predicted molar refractivity (Wildman–Crippen MR) is 126 cm³/mol. The third kappa shape index (κ3) is 5.33. The van der Waals surface area contributed by atoms with Gasteiger partial charge in [-0.05, 0) is 61.6 Å². The third-order valence-corrected chi connectivity index (χ3v) is 5.53. The Hall–Kier alpha value is -3.94. The van der Waals surface area contributed by atoms with Crippen molar-refractivity contribution in [2.75, 3.05) is 19.8 Å². The molecule has 0 saturated heterocycles. The van der Waals surface area contributed by atoms with E-state index in [9.17, 15) is 14.4 Å². The quantitative estimate of drug-likeness (QED) is 0.379. The number of para-hydroxylation sites is 1. The van der Waals surface area contributed by atoms with E-state index in [-0.39, 0.29) is 12.4 Å². The van der Waals surface area contributed by atoms with E-state index < -0.39 is 18.5 Å². The van der Waals surface area contributed by atoms with Crippen molar-refractivity contribution in [1.82, 2.24) is 10.3 Å². The van der Waals surface area contributed by atoms with E-state index in [1.54, 1.807) is 13.2 Å². The minimum atomic E-state index is -0.559. The largest absolute Gasteiger partial charge is 0.466 e. The minimum absolute atomic E-state index is 0.219. The van der Waals surface area contributed by atoms with Crippen molar-refractivity contribution in [3.05, 3.63) is 65.2 Å². The van der Waals surface area contributed by atoms with Gasteiger partial charge in [0.05, 0.1) is 29.6 Å². The zero-order valence-electron chi connectivity index (χ0n) is 19.0. The molecule has 1 aliphatic rings. The molecule has 0 saturated carbocycles. The van der Waals surface area contributed by atoms with Gasteiger partial charge >= 0.3 is 11.9 Å². The first-order chi connectivity index (χ1) is 16.6. The number of benzene rings is 1. The fraction of sp³-hybridized carbons (Fsp3) is 0.308. The third-order valence-electron chi connectivity index (χ3n) is 5.53. The van der Waals surface area contributed by atoms with Gasteiger partial charge in [-0.1, -0.05) is 18.2 Å². The highest BCUT2D eigenvalue weighted by Crippen LogP contribution is 2.37. The molecule has 0 bridgehead atoms. The van der Waals surface area contributed by atoms with Crippen LogP contribution in [0.25, 0.3) is 22.6 Å². The second-order valence-electron chi connectivity index (χ2n) is 7.85. The van der Waals surface area contributed by atoms with Crippen molar-refractivity contribution in [2.24, 2.45) is 0 Å². The number of amides is 1. The summed E-state index contributed by atoms with van der Waals surface area (Å²) in [5.74, 6) is -0.565. The van der Waals surface area contributed by atoms with Crippen LogP contribution >= 0.6 is 0 Å². The Morgan fingerprint density at radius 2 is 1.97 bits per heavy atom. The average Bonchev–Trinajstić information content (AvgIpc) is 3.49. The maximum absolute atomic E-state index is 13.1. The molecule has 8 nitrogen and oxygen atoms in total. The van der Waals surface area contributed by atoms with Crippen LogP contribution < -0.4 is 5.32 Å². The van der Waals surface area contributed by atoms with Gasteiger partial charge in [0.15, 0.2) is 6.61 Å². The monoisotopic (exact) mass is 462 g/mol. The number of ether oxygens (including phenoxy) is 2. The summed E-state index contributed by atoms with van der Waals surface area (Å²) in [4.78, 5) is 41.4. The average molecular weight is 463 g/mol. The van der Waals surface area contributed by atoms with E-state index in [1.165, 1.54) is 0 Å². The second kappa shape index (κ2) is 10.8. The van der Waals surface area contributed by atoms with Crippen LogP contribution in [-0.4, -0.2) is 42.6 Å². The highest BCUT2D eigenvalue weighted by atomic mass is 16.5. The topological polar surface area (TPSA) is 108 Å². The number of rotatable bonds is 9. The van der Waals surface area contributed by atoms with Crippen LogP contribution in [0.4, 0.5) is 0 Å². The Bertz CT molecular complexity index is 1230. The molecule has 4 rings (SSSR count). The first-order valence-corrected chi connectivity index (χ1v) is 11.3. The molecule has 0 atom stereocenters. The van der Waals surface area contributed by atoms with Crippen LogP contribution in [0.15, 0.2) is 47.1 Å². The smallest absolute Gasteiger partial charge is 0.339 e. The molecule has 3 aromatic rings. The van der Waals surface area contributed by atoms with E-state index in [0.29, 0.717) is 42.5 Å². The number of hydrogen-bond donors (Lipinski definition) is 1. The molecule has 1 aromatic carbocycles. The van der Waals surface area contributed by atoms with Gasteiger partial charge in [-0.25, -0.2) is 9.78 Å². The predicted octanol–water partition coefficient (Wildman–Crippen LogP) is 3.93. The number of esters is 2. The maximum atomic E-state index is 13.1. The van der Waals surface area contributed by atoms with Crippen LogP contribution in [0.3, 0.4) is 0 Å². The molecule has 34 heavy (non-hydrogen) atoms. The van der Waals surface area contributed by atoms with Crippen LogP contribution in [0.2, 0.25) is 0 Å². The SMILES string of the molecule is CCOC(=O)CCCNC(=O)COC(=O)c1c2c(nc3ccccc13)/C(=C/c1ccco1)CC2. The van der Waals surface area contributed by atoms with Crippen molar-refractivity contribution < 1.29 is 28.3 Å². The zero-order chi connectivity index (χ0) is 23.9. The number of furan rings is 1. The van der Waals surface area contributed by atoms with Gasteiger partial charge in [-0.15, -0.1) is 0 Å². The summed E-state index contributed by atoms with van der Waals surface area (Å²) in [5.41, 5.74) is 3.69. The first kappa shape index (κ1) is 23.2. The number of nitrogens with one attached hydrogen (secondary N) is 1. The van der Waals surface area contributed by atoms with Crippen LogP contribution in [-0.2, 0) is 25.5 Å². The van der Waals surface area contributed by atoms with Crippen LogP contribution in [0.5, 0.6) is 0 Å². The van der Waals surface area contributed by atoms with Gasteiger partial charge in [-0.3, -0.25) is 9.59 Å². The van der Waals surface area contributed by atoms with Crippen molar-refractivity contribution in [3.8, 4) is 0 Å². The van der Waals surface area contributed by atoms with E-state index >= 15 is 0 Å². The van der Waals surface area contributed by atoms with E-state index in [0.717, 1.165) is 29.0 Å². The van der Waals surface area contributed by atoms with Crippen molar-refractivity contribution in [2.45, 2.75) is 32.6 Å². The second-order valence-corrected chi connectivity index (χ2v) is 7.85. The van der Waals surface area contributed by atoms with E-state index in [4.69, 9.17) is 18.9 Å². The number of nitrogens with zero attached hydrogens (tertiary/aromatic N) is 1. The van der Waals surface area contributed by atoms with Crippen molar-refractivity contribution in [3.63, 3.8) is 0 Å². The summed E-state index contributed by atoms with van der Waals surface area (Å²) in [6.07, 6.45) is 5.58. The Morgan fingerprint density at radius 1 is 1.12 bits per heavy atom. The Labute approximate surface area is 196 Å². The van der Waals surface area contributed by atoms with E-state index in [2.05, 4.69) is 5.32 Å². The number of carbonyl (C=O) groups excluding carboxylic acids is 3. The van der Waals surface area contributed by atoms with Crippen molar-refractivity contribution in [1.29, 1.82) is 0 Å². The molecular formula is C26H26N2O6.